The van der Waals surface area contributed by atoms with E-state index in [1.54, 1.807) is 20.8 Å². The average Bonchev–Trinajstić information content (AvgIpc) is 3.50. The maximum Gasteiger partial charge on any atom is 0.246 e. The Morgan fingerprint density at radius 2 is 1.43 bits per heavy atom. The van der Waals surface area contributed by atoms with Crippen LogP contribution in [0.15, 0.2) is 54.6 Å². The van der Waals surface area contributed by atoms with Crippen LogP contribution in [0, 0.1) is 5.41 Å². The van der Waals surface area contributed by atoms with Gasteiger partial charge in [0.05, 0.1) is 6.10 Å². The molecule has 0 aliphatic carbocycles. The smallest absolute Gasteiger partial charge is 0.246 e. The fourth-order valence-electron chi connectivity index (χ4n) is 6.18. The molecule has 2 aliphatic heterocycles. The highest BCUT2D eigenvalue weighted by Gasteiger charge is 2.45. The van der Waals surface area contributed by atoms with Crippen LogP contribution in [0.5, 0.6) is 0 Å². The molecular formula is C37H51N7O7. The molecule has 14 heteroatoms. The van der Waals surface area contributed by atoms with Crippen LogP contribution in [0.2, 0.25) is 0 Å². The number of carbonyl (C=O) groups is 6. The Labute approximate surface area is 298 Å². The van der Waals surface area contributed by atoms with Gasteiger partial charge in [-0.1, -0.05) is 75.4 Å². The van der Waals surface area contributed by atoms with E-state index in [1.807, 2.05) is 54.6 Å². The summed E-state index contributed by atoms with van der Waals surface area (Å²) in [5.41, 5.74) is 7.72. The van der Waals surface area contributed by atoms with Gasteiger partial charge in [0.25, 0.3) is 0 Å². The lowest BCUT2D eigenvalue weighted by atomic mass is 9.85. The van der Waals surface area contributed by atoms with E-state index in [4.69, 9.17) is 5.73 Å². The normalized spacial score (nSPS) is 26.5. The summed E-state index contributed by atoms with van der Waals surface area (Å²) < 4.78 is 0. The molecule has 276 valence electrons. The first-order chi connectivity index (χ1) is 24.2. The number of carbonyl (C=O) groups excluding carboxylic acids is 6. The highest BCUT2D eigenvalue weighted by atomic mass is 16.3. The number of nitrogens with one attached hydrogen (secondary N) is 5. The molecular weight excluding hydrogens is 654 g/mol. The zero-order valence-electron chi connectivity index (χ0n) is 29.7. The van der Waals surface area contributed by atoms with Crippen LogP contribution in [0.1, 0.15) is 58.9 Å². The SMILES string of the molecule is C[C@H]1NC(=O)[C@@H](Cc2ccc(-c3ccccc3)cc2)NC(=O)[C@@H]2C[C@@H](O)CN2C(=O)[C@H](C(C)(C)C)NC(=O)CCCCNC(=O)[C@@H](CN)NC1=O. The number of nitrogens with zero attached hydrogens (tertiary/aromatic N) is 1. The molecule has 0 radical (unpaired) electrons. The van der Waals surface area contributed by atoms with Crippen LogP contribution in [0.3, 0.4) is 0 Å². The predicted molar refractivity (Wildman–Crippen MR) is 190 cm³/mol. The lowest BCUT2D eigenvalue weighted by molar-refractivity contribution is -0.144. The van der Waals surface area contributed by atoms with E-state index in [1.165, 1.54) is 11.8 Å². The molecule has 2 heterocycles. The molecule has 14 nitrogen and oxygen atoms in total. The van der Waals surface area contributed by atoms with Gasteiger partial charge in [-0.15, -0.1) is 0 Å². The highest BCUT2D eigenvalue weighted by Crippen LogP contribution is 2.27. The standard InChI is InChI=1S/C37H51N7O7/c1-22-32(47)42-28(20-38)33(48)39-17-9-8-12-30(46)43-31(37(2,3)4)36(51)44-21-26(45)19-29(44)35(50)41-27(34(49)40-22)18-23-13-15-25(16-14-23)24-10-6-5-7-11-24/h5-7,10-11,13-16,22,26-29,31,45H,8-9,12,17-21,38H2,1-4H3,(H,39,48)(H,40,49)(H,41,50)(H,42,47)(H,43,46)/t22-,26-,27-,28-,29+,31-/m1/s1. The van der Waals surface area contributed by atoms with Gasteiger partial charge in [-0.25, -0.2) is 0 Å². The number of fused-ring (bicyclic) bond motifs is 1. The maximum absolute atomic E-state index is 14.0. The Kier molecular flexibility index (Phi) is 13.3. The predicted octanol–water partition coefficient (Wildman–Crippen LogP) is 0.122. The largest absolute Gasteiger partial charge is 0.391 e. The Hall–Kier alpha value is -4.82. The Balaban J connectivity index is 1.65. The van der Waals surface area contributed by atoms with Crippen molar-refractivity contribution in [2.24, 2.45) is 11.1 Å². The molecule has 0 aromatic heterocycles. The molecule has 6 atom stereocenters. The minimum atomic E-state index is -1.19. The van der Waals surface area contributed by atoms with E-state index < -0.39 is 71.3 Å². The Morgan fingerprint density at radius 1 is 0.784 bits per heavy atom. The lowest BCUT2D eigenvalue weighted by Gasteiger charge is -2.35. The third-order valence-electron chi connectivity index (χ3n) is 9.17. The maximum atomic E-state index is 14.0. The van der Waals surface area contributed by atoms with Crippen molar-refractivity contribution in [3.8, 4) is 11.1 Å². The van der Waals surface area contributed by atoms with Crippen molar-refractivity contribution in [2.75, 3.05) is 19.6 Å². The molecule has 0 spiro atoms. The van der Waals surface area contributed by atoms with Crippen LogP contribution >= 0.6 is 0 Å². The second kappa shape index (κ2) is 17.4. The molecule has 2 aromatic rings. The fraction of sp³-hybridized carbons (Fsp3) is 0.514. The van der Waals surface area contributed by atoms with Gasteiger partial charge in [0, 0.05) is 38.9 Å². The van der Waals surface area contributed by atoms with Gasteiger partial charge < -0.3 is 42.3 Å². The third-order valence-corrected chi connectivity index (χ3v) is 9.17. The summed E-state index contributed by atoms with van der Waals surface area (Å²) in [5, 5.41) is 24.2. The zero-order chi connectivity index (χ0) is 37.3. The van der Waals surface area contributed by atoms with Gasteiger partial charge in [0.15, 0.2) is 0 Å². The topological polar surface area (TPSA) is 212 Å². The van der Waals surface area contributed by atoms with Crippen LogP contribution in [0.25, 0.3) is 11.1 Å². The van der Waals surface area contributed by atoms with Crippen LogP contribution < -0.4 is 32.3 Å². The van der Waals surface area contributed by atoms with Crippen molar-refractivity contribution in [1.82, 2.24) is 31.5 Å². The van der Waals surface area contributed by atoms with E-state index in [9.17, 15) is 33.9 Å². The summed E-state index contributed by atoms with van der Waals surface area (Å²) in [6, 6.07) is 11.7. The van der Waals surface area contributed by atoms with E-state index in [2.05, 4.69) is 26.6 Å². The van der Waals surface area contributed by atoms with Gasteiger partial charge >= 0.3 is 0 Å². The second-order valence-electron chi connectivity index (χ2n) is 14.4. The number of nitrogens with two attached hydrogens (primary N) is 1. The number of benzene rings is 2. The van der Waals surface area contributed by atoms with Crippen molar-refractivity contribution in [3.05, 3.63) is 60.2 Å². The number of aliphatic hydroxyl groups is 1. The molecule has 6 amide bonds. The van der Waals surface area contributed by atoms with Crippen molar-refractivity contribution in [2.45, 2.75) is 96.1 Å². The van der Waals surface area contributed by atoms with Gasteiger partial charge in [-0.05, 0) is 41.9 Å². The van der Waals surface area contributed by atoms with Crippen molar-refractivity contribution >= 4 is 35.4 Å². The molecule has 0 unspecified atom stereocenters. The third kappa shape index (κ3) is 10.6. The van der Waals surface area contributed by atoms with Gasteiger partial charge in [-0.2, -0.15) is 0 Å². The molecule has 0 bridgehead atoms. The van der Waals surface area contributed by atoms with Crippen LogP contribution in [-0.2, 0) is 35.2 Å². The summed E-state index contributed by atoms with van der Waals surface area (Å²) in [7, 11) is 0. The van der Waals surface area contributed by atoms with Crippen LogP contribution in [-0.4, -0.2) is 101 Å². The highest BCUT2D eigenvalue weighted by molar-refractivity contribution is 5.97. The molecule has 2 aromatic carbocycles. The summed E-state index contributed by atoms with van der Waals surface area (Å²) in [6.07, 6.45) is -0.0926. The zero-order valence-corrected chi connectivity index (χ0v) is 29.7. The van der Waals surface area contributed by atoms with Gasteiger partial charge in [0.1, 0.15) is 30.2 Å². The Bertz CT molecular complexity index is 1560. The first kappa shape index (κ1) is 39.0. The first-order valence-electron chi connectivity index (χ1n) is 17.5. The summed E-state index contributed by atoms with van der Waals surface area (Å²) in [6.45, 7) is 6.74. The monoisotopic (exact) mass is 705 g/mol. The fourth-order valence-corrected chi connectivity index (χ4v) is 6.18. The minimum absolute atomic E-state index is 0.0404. The number of aliphatic hydroxyl groups excluding tert-OH is 1. The minimum Gasteiger partial charge on any atom is -0.391 e. The number of hydrogen-bond acceptors (Lipinski definition) is 8. The number of rotatable bonds is 4. The van der Waals surface area contributed by atoms with Crippen molar-refractivity contribution < 1.29 is 33.9 Å². The number of amides is 6. The molecule has 4 rings (SSSR count). The molecule has 8 N–H and O–H groups in total. The number of hydrogen-bond donors (Lipinski definition) is 7. The quantitative estimate of drug-likeness (QED) is 0.232. The van der Waals surface area contributed by atoms with Crippen LogP contribution in [0.4, 0.5) is 0 Å². The summed E-state index contributed by atoms with van der Waals surface area (Å²) in [5.74, 6) is -3.40. The first-order valence-corrected chi connectivity index (χ1v) is 17.5. The molecule has 2 saturated heterocycles. The summed E-state index contributed by atoms with van der Waals surface area (Å²) >= 11 is 0. The average molecular weight is 706 g/mol. The van der Waals surface area contributed by atoms with E-state index in [0.717, 1.165) is 11.1 Å². The summed E-state index contributed by atoms with van der Waals surface area (Å²) in [4.78, 5) is 81.9. The molecule has 2 fully saturated rings. The van der Waals surface area contributed by atoms with E-state index in [-0.39, 0.29) is 44.8 Å². The van der Waals surface area contributed by atoms with Crippen molar-refractivity contribution in [3.63, 3.8) is 0 Å². The molecule has 2 aliphatic rings. The molecule has 0 saturated carbocycles. The van der Waals surface area contributed by atoms with E-state index in [0.29, 0.717) is 18.4 Å². The second-order valence-corrected chi connectivity index (χ2v) is 14.4. The van der Waals surface area contributed by atoms with Gasteiger partial charge in [0.2, 0.25) is 35.4 Å². The molecule has 51 heavy (non-hydrogen) atoms. The lowest BCUT2D eigenvalue weighted by Crippen LogP contribution is -2.60. The Morgan fingerprint density at radius 3 is 2.08 bits per heavy atom. The van der Waals surface area contributed by atoms with E-state index >= 15 is 0 Å². The van der Waals surface area contributed by atoms with Gasteiger partial charge in [-0.3, -0.25) is 28.8 Å². The van der Waals surface area contributed by atoms with Crippen molar-refractivity contribution in [1.29, 1.82) is 0 Å².